The molecule has 6 heteroatoms. The molecule has 1 unspecified atom stereocenters. The zero-order valence-corrected chi connectivity index (χ0v) is 17.2. The minimum Gasteiger partial charge on any atom is -0.341 e. The Hall–Kier alpha value is -2.37. The Morgan fingerprint density at radius 3 is 2.03 bits per heavy atom. The fourth-order valence-corrected chi connectivity index (χ4v) is 4.36. The highest BCUT2D eigenvalue weighted by molar-refractivity contribution is 5.97. The summed E-state index contributed by atoms with van der Waals surface area (Å²) in [7, 11) is 0. The molecule has 0 bridgehead atoms. The van der Waals surface area contributed by atoms with Gasteiger partial charge in [0.05, 0.1) is 0 Å². The van der Waals surface area contributed by atoms with E-state index in [0.29, 0.717) is 17.4 Å². The van der Waals surface area contributed by atoms with Crippen LogP contribution in [-0.2, 0) is 4.79 Å². The lowest BCUT2D eigenvalue weighted by atomic mass is 9.92. The summed E-state index contributed by atoms with van der Waals surface area (Å²) < 4.78 is 0. The van der Waals surface area contributed by atoms with E-state index in [1.807, 2.05) is 53.4 Å². The SMILES string of the molecule is Cl.O=C(NC(C(=O)N1CC[C@@H]2CNC[C@@H]2CC1)c1ccccc1)c1ccccc1. The van der Waals surface area contributed by atoms with Crippen LogP contribution in [0.1, 0.15) is 34.8 Å². The number of benzene rings is 2. The minimum absolute atomic E-state index is 0. The number of halogens is 1. The summed E-state index contributed by atoms with van der Waals surface area (Å²) in [4.78, 5) is 28.1. The molecule has 0 radical (unpaired) electrons. The summed E-state index contributed by atoms with van der Waals surface area (Å²) in [5.74, 6) is 1.08. The number of hydrogen-bond acceptors (Lipinski definition) is 3. The fourth-order valence-electron chi connectivity index (χ4n) is 4.36. The third kappa shape index (κ3) is 4.98. The van der Waals surface area contributed by atoms with Crippen molar-refractivity contribution >= 4 is 24.2 Å². The largest absolute Gasteiger partial charge is 0.341 e. The third-order valence-electron chi connectivity index (χ3n) is 6.02. The lowest BCUT2D eigenvalue weighted by molar-refractivity contribution is -0.133. The Balaban J connectivity index is 0.00000240. The first-order valence-corrected chi connectivity index (χ1v) is 10.1. The first-order valence-electron chi connectivity index (χ1n) is 10.1. The second-order valence-corrected chi connectivity index (χ2v) is 7.76. The van der Waals surface area contributed by atoms with Gasteiger partial charge in [0, 0.05) is 18.7 Å². The molecule has 29 heavy (non-hydrogen) atoms. The molecule has 2 amide bonds. The summed E-state index contributed by atoms with van der Waals surface area (Å²) in [6.07, 6.45) is 2.05. The second-order valence-electron chi connectivity index (χ2n) is 7.76. The molecular formula is C23H28ClN3O2. The summed E-state index contributed by atoms with van der Waals surface area (Å²) in [5, 5.41) is 6.44. The Labute approximate surface area is 178 Å². The Morgan fingerprint density at radius 2 is 1.45 bits per heavy atom. The molecule has 2 aromatic carbocycles. The number of carbonyl (C=O) groups excluding carboxylic acids is 2. The van der Waals surface area contributed by atoms with Crippen LogP contribution >= 0.6 is 12.4 Å². The number of hydrogen-bond donors (Lipinski definition) is 2. The maximum atomic E-state index is 13.4. The number of fused-ring (bicyclic) bond motifs is 1. The highest BCUT2D eigenvalue weighted by Gasteiger charge is 2.34. The molecule has 2 aromatic rings. The molecule has 2 aliphatic rings. The van der Waals surface area contributed by atoms with Gasteiger partial charge in [-0.3, -0.25) is 9.59 Å². The molecule has 154 valence electrons. The number of nitrogens with one attached hydrogen (secondary N) is 2. The van der Waals surface area contributed by atoms with Crippen LogP contribution in [0.25, 0.3) is 0 Å². The van der Waals surface area contributed by atoms with E-state index in [4.69, 9.17) is 0 Å². The topological polar surface area (TPSA) is 61.4 Å². The molecule has 5 nitrogen and oxygen atoms in total. The summed E-state index contributed by atoms with van der Waals surface area (Å²) >= 11 is 0. The number of carbonyl (C=O) groups is 2. The molecule has 2 fully saturated rings. The van der Waals surface area contributed by atoms with Gasteiger partial charge in [0.1, 0.15) is 6.04 Å². The zero-order valence-electron chi connectivity index (χ0n) is 16.4. The highest BCUT2D eigenvalue weighted by Crippen LogP contribution is 2.28. The van der Waals surface area contributed by atoms with E-state index in [1.54, 1.807) is 12.1 Å². The lowest BCUT2D eigenvalue weighted by Crippen LogP contribution is -2.43. The van der Waals surface area contributed by atoms with Crippen LogP contribution in [0.15, 0.2) is 60.7 Å². The van der Waals surface area contributed by atoms with E-state index in [2.05, 4.69) is 10.6 Å². The monoisotopic (exact) mass is 413 g/mol. The smallest absolute Gasteiger partial charge is 0.252 e. The highest BCUT2D eigenvalue weighted by atomic mass is 35.5. The van der Waals surface area contributed by atoms with E-state index < -0.39 is 6.04 Å². The van der Waals surface area contributed by atoms with Crippen molar-refractivity contribution < 1.29 is 9.59 Å². The molecule has 2 saturated heterocycles. The minimum atomic E-state index is -0.662. The van der Waals surface area contributed by atoms with Gasteiger partial charge in [-0.15, -0.1) is 12.4 Å². The molecule has 0 aliphatic carbocycles. The lowest BCUT2D eigenvalue weighted by Gasteiger charge is -2.27. The van der Waals surface area contributed by atoms with E-state index in [0.717, 1.165) is 44.6 Å². The maximum Gasteiger partial charge on any atom is 0.252 e. The third-order valence-corrected chi connectivity index (χ3v) is 6.02. The number of likely N-dealkylation sites (tertiary alicyclic amines) is 1. The molecule has 0 aromatic heterocycles. The van der Waals surface area contributed by atoms with Crippen LogP contribution in [0.5, 0.6) is 0 Å². The van der Waals surface area contributed by atoms with Crippen molar-refractivity contribution in [3.05, 3.63) is 71.8 Å². The molecule has 2 N–H and O–H groups in total. The standard InChI is InChI=1S/C23H27N3O2.ClH/c27-22(18-9-5-2-6-10-18)25-21(17-7-3-1-4-8-17)23(28)26-13-11-19-15-24-16-20(19)12-14-26;/h1-10,19-21,24H,11-16H2,(H,25,27);1H/t19-,20+,21?;. The molecule has 2 aliphatic heterocycles. The Morgan fingerprint density at radius 1 is 0.897 bits per heavy atom. The number of rotatable bonds is 4. The predicted molar refractivity (Wildman–Crippen MR) is 116 cm³/mol. The van der Waals surface area contributed by atoms with Crippen LogP contribution in [0.2, 0.25) is 0 Å². The fraction of sp³-hybridized carbons (Fsp3) is 0.391. The van der Waals surface area contributed by atoms with Gasteiger partial charge in [0.2, 0.25) is 5.91 Å². The van der Waals surface area contributed by atoms with E-state index >= 15 is 0 Å². The first kappa shape index (κ1) is 21.3. The molecule has 0 saturated carbocycles. The normalized spacial score (nSPS) is 22.0. The van der Waals surface area contributed by atoms with Gasteiger partial charge in [0.15, 0.2) is 0 Å². The van der Waals surface area contributed by atoms with Crippen LogP contribution in [0, 0.1) is 11.8 Å². The summed E-state index contributed by atoms with van der Waals surface area (Å²) in [6.45, 7) is 3.62. The van der Waals surface area contributed by atoms with Crippen molar-refractivity contribution in [2.45, 2.75) is 18.9 Å². The molecule has 2 heterocycles. The second kappa shape index (κ2) is 9.90. The first-order chi connectivity index (χ1) is 13.7. The average molecular weight is 414 g/mol. The zero-order chi connectivity index (χ0) is 19.3. The summed E-state index contributed by atoms with van der Waals surface area (Å²) in [5.41, 5.74) is 1.38. The number of amides is 2. The average Bonchev–Trinajstić information content (AvgIpc) is 3.11. The van der Waals surface area contributed by atoms with Crippen molar-refractivity contribution in [2.24, 2.45) is 11.8 Å². The van der Waals surface area contributed by atoms with Gasteiger partial charge in [-0.2, -0.15) is 0 Å². The van der Waals surface area contributed by atoms with Crippen LogP contribution in [-0.4, -0.2) is 42.9 Å². The van der Waals surface area contributed by atoms with Crippen LogP contribution in [0.3, 0.4) is 0 Å². The van der Waals surface area contributed by atoms with Crippen molar-refractivity contribution in [1.82, 2.24) is 15.5 Å². The molecule has 3 atom stereocenters. The van der Waals surface area contributed by atoms with E-state index in [1.165, 1.54) is 0 Å². The molecule has 0 spiro atoms. The van der Waals surface area contributed by atoms with Crippen molar-refractivity contribution in [3.8, 4) is 0 Å². The quantitative estimate of drug-likeness (QED) is 0.809. The van der Waals surface area contributed by atoms with Gasteiger partial charge in [0.25, 0.3) is 5.91 Å². The van der Waals surface area contributed by atoms with Crippen LogP contribution in [0.4, 0.5) is 0 Å². The van der Waals surface area contributed by atoms with Gasteiger partial charge in [-0.1, -0.05) is 48.5 Å². The van der Waals surface area contributed by atoms with E-state index in [-0.39, 0.29) is 24.2 Å². The van der Waals surface area contributed by atoms with Crippen molar-refractivity contribution in [2.75, 3.05) is 26.2 Å². The summed E-state index contributed by atoms with van der Waals surface area (Å²) in [6, 6.07) is 17.9. The van der Waals surface area contributed by atoms with Gasteiger partial charge < -0.3 is 15.5 Å². The van der Waals surface area contributed by atoms with Crippen molar-refractivity contribution in [1.29, 1.82) is 0 Å². The molecular weight excluding hydrogens is 386 g/mol. The van der Waals surface area contributed by atoms with Crippen LogP contribution < -0.4 is 10.6 Å². The maximum absolute atomic E-state index is 13.4. The van der Waals surface area contributed by atoms with Gasteiger partial charge in [-0.05, 0) is 55.5 Å². The van der Waals surface area contributed by atoms with Gasteiger partial charge >= 0.3 is 0 Å². The van der Waals surface area contributed by atoms with Gasteiger partial charge in [-0.25, -0.2) is 0 Å². The molecule has 4 rings (SSSR count). The predicted octanol–water partition coefficient (Wildman–Crippen LogP) is 3.04. The number of nitrogens with zero attached hydrogens (tertiary/aromatic N) is 1. The Bertz CT molecular complexity index is 801. The van der Waals surface area contributed by atoms with E-state index in [9.17, 15) is 9.59 Å². The Kier molecular flexibility index (Phi) is 7.29. The van der Waals surface area contributed by atoms with Crippen molar-refractivity contribution in [3.63, 3.8) is 0 Å².